The number of nitrogens with two attached hydrogens (primary N) is 1. The maximum atomic E-state index is 5.90. The Labute approximate surface area is 109 Å². The van der Waals surface area contributed by atoms with Crippen molar-refractivity contribution in [2.45, 2.75) is 6.92 Å². The predicted molar refractivity (Wildman–Crippen MR) is 72.6 cm³/mol. The van der Waals surface area contributed by atoms with Crippen LogP contribution in [-0.4, -0.2) is 14.6 Å². The molecular formula is C13H11ClN4. The fourth-order valence-corrected chi connectivity index (χ4v) is 2.08. The van der Waals surface area contributed by atoms with E-state index in [1.165, 1.54) is 0 Å². The van der Waals surface area contributed by atoms with Crippen LogP contribution in [0.4, 0.5) is 5.69 Å². The van der Waals surface area contributed by atoms with E-state index in [1.807, 2.05) is 47.7 Å². The lowest BCUT2D eigenvalue weighted by Crippen LogP contribution is -1.97. The van der Waals surface area contributed by atoms with Gasteiger partial charge >= 0.3 is 0 Å². The molecule has 2 aromatic heterocycles. The summed E-state index contributed by atoms with van der Waals surface area (Å²) in [5.74, 6) is 0.770. The van der Waals surface area contributed by atoms with Crippen LogP contribution >= 0.6 is 11.6 Å². The van der Waals surface area contributed by atoms with Crippen molar-refractivity contribution in [3.05, 3.63) is 47.1 Å². The fraction of sp³-hybridized carbons (Fsp3) is 0.0769. The molecule has 90 valence electrons. The van der Waals surface area contributed by atoms with E-state index in [4.69, 9.17) is 17.3 Å². The summed E-state index contributed by atoms with van der Waals surface area (Å²) < 4.78 is 1.94. The van der Waals surface area contributed by atoms with Crippen LogP contribution in [0.25, 0.3) is 17.0 Å². The van der Waals surface area contributed by atoms with Crippen molar-refractivity contribution in [1.82, 2.24) is 14.6 Å². The SMILES string of the molecule is Cc1ccc(N)c2nnc(-c3ccc(Cl)cc3)n12. The number of hydrogen-bond donors (Lipinski definition) is 1. The molecular weight excluding hydrogens is 248 g/mol. The Bertz CT molecular complexity index is 716. The van der Waals surface area contributed by atoms with Gasteiger partial charge in [-0.1, -0.05) is 11.6 Å². The van der Waals surface area contributed by atoms with Gasteiger partial charge in [0.05, 0.1) is 5.69 Å². The van der Waals surface area contributed by atoms with Crippen LogP contribution in [0.1, 0.15) is 5.69 Å². The zero-order valence-corrected chi connectivity index (χ0v) is 10.5. The van der Waals surface area contributed by atoms with Gasteiger partial charge in [0.1, 0.15) is 0 Å². The molecule has 3 rings (SSSR count). The molecule has 4 nitrogen and oxygen atoms in total. The van der Waals surface area contributed by atoms with Gasteiger partial charge in [-0.3, -0.25) is 4.40 Å². The third kappa shape index (κ3) is 1.62. The average Bonchev–Trinajstić information content (AvgIpc) is 2.81. The minimum atomic E-state index is 0.619. The van der Waals surface area contributed by atoms with Crippen LogP contribution in [0, 0.1) is 6.92 Å². The number of halogens is 1. The molecule has 0 saturated heterocycles. The average molecular weight is 259 g/mol. The Kier molecular flexibility index (Phi) is 2.45. The van der Waals surface area contributed by atoms with E-state index in [1.54, 1.807) is 0 Å². The summed E-state index contributed by atoms with van der Waals surface area (Å²) in [4.78, 5) is 0. The second kappa shape index (κ2) is 3.99. The lowest BCUT2D eigenvalue weighted by atomic mass is 10.2. The van der Waals surface area contributed by atoms with Crippen LogP contribution in [0.15, 0.2) is 36.4 Å². The Hall–Kier alpha value is -2.07. The molecule has 18 heavy (non-hydrogen) atoms. The number of nitrogens with zero attached hydrogens (tertiary/aromatic N) is 3. The Morgan fingerprint density at radius 3 is 2.50 bits per heavy atom. The molecule has 5 heteroatoms. The topological polar surface area (TPSA) is 56.2 Å². The summed E-state index contributed by atoms with van der Waals surface area (Å²) in [6.07, 6.45) is 0. The number of rotatable bonds is 1. The number of benzene rings is 1. The normalized spacial score (nSPS) is 11.0. The summed E-state index contributed by atoms with van der Waals surface area (Å²) in [6.45, 7) is 2.00. The zero-order chi connectivity index (χ0) is 12.7. The van der Waals surface area contributed by atoms with E-state index in [-0.39, 0.29) is 0 Å². The van der Waals surface area contributed by atoms with Gasteiger partial charge in [0, 0.05) is 16.3 Å². The molecule has 0 aliphatic rings. The van der Waals surface area contributed by atoms with Gasteiger partial charge in [-0.25, -0.2) is 0 Å². The van der Waals surface area contributed by atoms with E-state index >= 15 is 0 Å². The highest BCUT2D eigenvalue weighted by Gasteiger charge is 2.11. The van der Waals surface area contributed by atoms with E-state index in [0.717, 1.165) is 17.1 Å². The van der Waals surface area contributed by atoms with E-state index < -0.39 is 0 Å². The monoisotopic (exact) mass is 258 g/mol. The first-order valence-corrected chi connectivity index (χ1v) is 5.91. The van der Waals surface area contributed by atoms with Gasteiger partial charge in [-0.05, 0) is 43.3 Å². The Morgan fingerprint density at radius 2 is 1.78 bits per heavy atom. The first-order valence-electron chi connectivity index (χ1n) is 5.53. The summed E-state index contributed by atoms with van der Waals surface area (Å²) in [7, 11) is 0. The highest BCUT2D eigenvalue weighted by atomic mass is 35.5. The van der Waals surface area contributed by atoms with Gasteiger partial charge in [0.2, 0.25) is 0 Å². The van der Waals surface area contributed by atoms with Crippen LogP contribution in [0.5, 0.6) is 0 Å². The number of hydrogen-bond acceptors (Lipinski definition) is 3. The van der Waals surface area contributed by atoms with Gasteiger partial charge in [-0.15, -0.1) is 10.2 Å². The summed E-state index contributed by atoms with van der Waals surface area (Å²) >= 11 is 5.88. The van der Waals surface area contributed by atoms with Crippen LogP contribution in [0.3, 0.4) is 0 Å². The molecule has 0 aliphatic carbocycles. The van der Waals surface area contributed by atoms with Crippen LogP contribution in [-0.2, 0) is 0 Å². The molecule has 0 atom stereocenters. The maximum Gasteiger partial charge on any atom is 0.184 e. The molecule has 0 amide bonds. The van der Waals surface area contributed by atoms with Crippen molar-refractivity contribution in [2.75, 3.05) is 5.73 Å². The van der Waals surface area contributed by atoms with Gasteiger partial charge < -0.3 is 5.73 Å². The molecule has 0 bridgehead atoms. The molecule has 0 radical (unpaired) electrons. The molecule has 0 saturated carbocycles. The number of nitrogen functional groups attached to an aromatic ring is 1. The second-order valence-electron chi connectivity index (χ2n) is 4.12. The van der Waals surface area contributed by atoms with Gasteiger partial charge in [-0.2, -0.15) is 0 Å². The molecule has 3 aromatic rings. The first-order chi connectivity index (χ1) is 8.66. The Balaban J connectivity index is 2.30. The smallest absolute Gasteiger partial charge is 0.184 e. The van der Waals surface area contributed by atoms with Crippen LogP contribution < -0.4 is 5.73 Å². The van der Waals surface area contributed by atoms with Crippen molar-refractivity contribution in [1.29, 1.82) is 0 Å². The van der Waals surface area contributed by atoms with E-state index in [2.05, 4.69) is 10.2 Å². The summed E-state index contributed by atoms with van der Waals surface area (Å²) in [6, 6.07) is 11.3. The summed E-state index contributed by atoms with van der Waals surface area (Å²) in [5, 5.41) is 9.04. The molecule has 2 heterocycles. The van der Waals surface area contributed by atoms with Crippen LogP contribution in [0.2, 0.25) is 5.02 Å². The van der Waals surface area contributed by atoms with Crippen molar-refractivity contribution < 1.29 is 0 Å². The highest BCUT2D eigenvalue weighted by Crippen LogP contribution is 2.24. The largest absolute Gasteiger partial charge is 0.396 e. The Morgan fingerprint density at radius 1 is 1.06 bits per heavy atom. The quantitative estimate of drug-likeness (QED) is 0.730. The number of fused-ring (bicyclic) bond motifs is 1. The highest BCUT2D eigenvalue weighted by molar-refractivity contribution is 6.30. The second-order valence-corrected chi connectivity index (χ2v) is 4.56. The van der Waals surface area contributed by atoms with E-state index in [0.29, 0.717) is 16.4 Å². The van der Waals surface area contributed by atoms with Crippen molar-refractivity contribution in [3.8, 4) is 11.4 Å². The first kappa shape index (κ1) is 11.0. The van der Waals surface area contributed by atoms with Crippen molar-refractivity contribution >= 4 is 22.9 Å². The minimum Gasteiger partial charge on any atom is -0.396 e. The van der Waals surface area contributed by atoms with Crippen molar-refractivity contribution in [3.63, 3.8) is 0 Å². The standard InChI is InChI=1S/C13H11ClN4/c1-8-2-7-11(15)13-17-16-12(18(8)13)9-3-5-10(14)6-4-9/h2-7H,15H2,1H3. The molecule has 0 fully saturated rings. The predicted octanol–water partition coefficient (Wildman–Crippen LogP) is 2.94. The fourth-order valence-electron chi connectivity index (χ4n) is 1.95. The summed E-state index contributed by atoms with van der Waals surface area (Å²) in [5.41, 5.74) is 9.19. The molecule has 2 N–H and O–H groups in total. The molecule has 0 unspecified atom stereocenters. The number of aromatic nitrogens is 3. The maximum absolute atomic E-state index is 5.90. The van der Waals surface area contributed by atoms with Gasteiger partial charge in [0.25, 0.3) is 0 Å². The van der Waals surface area contributed by atoms with Gasteiger partial charge in [0.15, 0.2) is 11.5 Å². The van der Waals surface area contributed by atoms with Crippen molar-refractivity contribution in [2.24, 2.45) is 0 Å². The third-order valence-corrected chi connectivity index (χ3v) is 3.13. The van der Waals surface area contributed by atoms with E-state index in [9.17, 15) is 0 Å². The molecule has 0 spiro atoms. The zero-order valence-electron chi connectivity index (χ0n) is 9.76. The lowest BCUT2D eigenvalue weighted by Gasteiger charge is -2.05. The molecule has 0 aliphatic heterocycles. The minimum absolute atomic E-state index is 0.619. The number of anilines is 1. The number of aryl methyl sites for hydroxylation is 1. The third-order valence-electron chi connectivity index (χ3n) is 2.88. The number of pyridine rings is 1. The lowest BCUT2D eigenvalue weighted by molar-refractivity contribution is 1.08. The molecule has 1 aromatic carbocycles.